The van der Waals surface area contributed by atoms with Gasteiger partial charge in [-0.25, -0.2) is 0 Å². The number of para-hydroxylation sites is 2. The number of amides is 1. The number of hydrogen-bond donors (Lipinski definition) is 1. The molecule has 1 amide bonds. The molecule has 0 aliphatic rings. The zero-order valence-corrected chi connectivity index (χ0v) is 17.3. The highest BCUT2D eigenvalue weighted by Crippen LogP contribution is 2.29. The van der Waals surface area contributed by atoms with Gasteiger partial charge in [0.1, 0.15) is 11.8 Å². The number of benzene rings is 2. The third kappa shape index (κ3) is 4.80. The quantitative estimate of drug-likeness (QED) is 0.566. The maximum absolute atomic E-state index is 13.3. The number of nitrogens with one attached hydrogen (secondary N) is 1. The van der Waals surface area contributed by atoms with Crippen LogP contribution in [-0.4, -0.2) is 24.5 Å². The van der Waals surface area contributed by atoms with Crippen LogP contribution in [0.4, 0.5) is 5.69 Å². The molecule has 1 heterocycles. The zero-order chi connectivity index (χ0) is 19.9. The molecule has 28 heavy (non-hydrogen) atoms. The second kappa shape index (κ2) is 9.53. The van der Waals surface area contributed by atoms with Crippen molar-refractivity contribution in [3.63, 3.8) is 0 Å². The van der Waals surface area contributed by atoms with Gasteiger partial charge in [-0.05, 0) is 55.6 Å². The molecule has 0 aliphatic carbocycles. The Labute approximate surface area is 170 Å². The number of thiophene rings is 1. The van der Waals surface area contributed by atoms with Gasteiger partial charge in [0.2, 0.25) is 5.91 Å². The molecule has 1 aromatic heterocycles. The van der Waals surface area contributed by atoms with Crippen molar-refractivity contribution in [2.45, 2.75) is 26.4 Å². The number of likely N-dealkylation sites (N-methyl/N-ethyl adjacent to an activating group) is 1. The number of hydrogen-bond acceptors (Lipinski definition) is 4. The number of nitrogens with zero attached hydrogens (tertiary/aromatic N) is 1. The number of rotatable bonds is 8. The molecule has 0 fully saturated rings. The SMILES string of the molecule is CCOc1ccccc1NC(=O)C(c1ccccc1)N(C)Cc1sccc1C. The van der Waals surface area contributed by atoms with Gasteiger partial charge in [-0.15, -0.1) is 11.3 Å². The summed E-state index contributed by atoms with van der Waals surface area (Å²) in [6.45, 7) is 5.30. The van der Waals surface area contributed by atoms with Crippen LogP contribution < -0.4 is 10.1 Å². The summed E-state index contributed by atoms with van der Waals surface area (Å²) in [6, 6.07) is 19.1. The van der Waals surface area contributed by atoms with E-state index in [1.165, 1.54) is 10.4 Å². The van der Waals surface area contributed by atoms with E-state index < -0.39 is 6.04 Å². The molecule has 0 aliphatic heterocycles. The van der Waals surface area contributed by atoms with Crippen molar-refractivity contribution in [3.05, 3.63) is 82.0 Å². The Kier molecular flexibility index (Phi) is 6.85. The highest BCUT2D eigenvalue weighted by Gasteiger charge is 2.26. The fraction of sp³-hybridized carbons (Fsp3) is 0.261. The largest absolute Gasteiger partial charge is 0.492 e. The van der Waals surface area contributed by atoms with E-state index in [9.17, 15) is 4.79 Å². The Balaban J connectivity index is 1.86. The first-order chi connectivity index (χ1) is 13.6. The first kappa shape index (κ1) is 20.1. The molecule has 1 unspecified atom stereocenters. The van der Waals surface area contributed by atoms with Crippen molar-refractivity contribution >= 4 is 22.9 Å². The third-order valence-electron chi connectivity index (χ3n) is 4.61. The van der Waals surface area contributed by atoms with Crippen LogP contribution in [0, 0.1) is 6.92 Å². The number of ether oxygens (including phenoxy) is 1. The summed E-state index contributed by atoms with van der Waals surface area (Å²) in [4.78, 5) is 16.7. The van der Waals surface area contributed by atoms with Gasteiger partial charge < -0.3 is 10.1 Å². The van der Waals surface area contributed by atoms with Crippen molar-refractivity contribution in [3.8, 4) is 5.75 Å². The van der Waals surface area contributed by atoms with E-state index in [0.717, 1.165) is 5.56 Å². The lowest BCUT2D eigenvalue weighted by Gasteiger charge is -2.28. The van der Waals surface area contributed by atoms with Crippen LogP contribution in [-0.2, 0) is 11.3 Å². The van der Waals surface area contributed by atoms with Gasteiger partial charge in [0, 0.05) is 11.4 Å². The Bertz CT molecular complexity index is 908. The minimum absolute atomic E-state index is 0.0740. The predicted molar refractivity (Wildman–Crippen MR) is 116 cm³/mol. The molecule has 0 saturated heterocycles. The van der Waals surface area contributed by atoms with Gasteiger partial charge in [0.25, 0.3) is 0 Å². The lowest BCUT2D eigenvalue weighted by molar-refractivity contribution is -0.121. The maximum Gasteiger partial charge on any atom is 0.246 e. The van der Waals surface area contributed by atoms with Crippen molar-refractivity contribution in [2.24, 2.45) is 0 Å². The second-order valence-corrected chi connectivity index (χ2v) is 7.67. The molecule has 2 aromatic carbocycles. The van der Waals surface area contributed by atoms with Crippen LogP contribution >= 0.6 is 11.3 Å². The molecular formula is C23H26N2O2S. The summed E-state index contributed by atoms with van der Waals surface area (Å²) in [5.41, 5.74) is 2.91. The number of aryl methyl sites for hydroxylation is 1. The van der Waals surface area contributed by atoms with Gasteiger partial charge in [-0.1, -0.05) is 42.5 Å². The summed E-state index contributed by atoms with van der Waals surface area (Å²) < 4.78 is 5.66. The fourth-order valence-electron chi connectivity index (χ4n) is 3.18. The summed E-state index contributed by atoms with van der Waals surface area (Å²) in [5.74, 6) is 0.608. The normalized spacial score (nSPS) is 12.0. The number of carbonyl (C=O) groups excluding carboxylic acids is 1. The molecular weight excluding hydrogens is 368 g/mol. The number of carbonyl (C=O) groups is 1. The van der Waals surface area contributed by atoms with Crippen LogP contribution in [0.3, 0.4) is 0 Å². The van der Waals surface area contributed by atoms with Crippen molar-refractivity contribution in [2.75, 3.05) is 19.0 Å². The second-order valence-electron chi connectivity index (χ2n) is 6.67. The Morgan fingerprint density at radius 2 is 1.82 bits per heavy atom. The smallest absolute Gasteiger partial charge is 0.246 e. The van der Waals surface area contributed by atoms with Crippen LogP contribution in [0.2, 0.25) is 0 Å². The van der Waals surface area contributed by atoms with Gasteiger partial charge in [-0.3, -0.25) is 9.69 Å². The molecule has 1 atom stereocenters. The highest BCUT2D eigenvalue weighted by molar-refractivity contribution is 7.10. The molecule has 0 saturated carbocycles. The van der Waals surface area contributed by atoms with Crippen LogP contribution in [0.25, 0.3) is 0 Å². The lowest BCUT2D eigenvalue weighted by atomic mass is 10.0. The van der Waals surface area contributed by atoms with Crippen molar-refractivity contribution < 1.29 is 9.53 Å². The van der Waals surface area contributed by atoms with E-state index in [2.05, 4.69) is 28.6 Å². The molecule has 0 spiro atoms. The van der Waals surface area contributed by atoms with Gasteiger partial charge in [-0.2, -0.15) is 0 Å². The number of anilines is 1. The van der Waals surface area contributed by atoms with Crippen molar-refractivity contribution in [1.29, 1.82) is 0 Å². The summed E-state index contributed by atoms with van der Waals surface area (Å²) in [6.07, 6.45) is 0. The third-order valence-corrected chi connectivity index (χ3v) is 5.62. The van der Waals surface area contributed by atoms with E-state index >= 15 is 0 Å². The minimum Gasteiger partial charge on any atom is -0.492 e. The van der Waals surface area contributed by atoms with Crippen LogP contribution in [0.15, 0.2) is 66.0 Å². The lowest BCUT2D eigenvalue weighted by Crippen LogP contribution is -2.34. The Morgan fingerprint density at radius 3 is 2.50 bits per heavy atom. The standard InChI is InChI=1S/C23H26N2O2S/c1-4-27-20-13-9-8-12-19(20)24-23(26)22(18-10-6-5-7-11-18)25(3)16-21-17(2)14-15-28-21/h5-15,22H,4,16H2,1-3H3,(H,24,26). The zero-order valence-electron chi connectivity index (χ0n) is 16.5. The monoisotopic (exact) mass is 394 g/mol. The molecule has 5 heteroatoms. The average molecular weight is 395 g/mol. The molecule has 146 valence electrons. The highest BCUT2D eigenvalue weighted by atomic mass is 32.1. The first-order valence-corrected chi connectivity index (χ1v) is 10.3. The summed E-state index contributed by atoms with van der Waals surface area (Å²) >= 11 is 1.72. The molecule has 3 rings (SSSR count). The minimum atomic E-state index is -0.405. The van der Waals surface area contributed by atoms with E-state index in [1.807, 2.05) is 68.6 Å². The summed E-state index contributed by atoms with van der Waals surface area (Å²) in [7, 11) is 1.99. The van der Waals surface area contributed by atoms with Gasteiger partial charge >= 0.3 is 0 Å². The Morgan fingerprint density at radius 1 is 1.11 bits per heavy atom. The molecule has 0 bridgehead atoms. The van der Waals surface area contributed by atoms with Crippen LogP contribution in [0.5, 0.6) is 5.75 Å². The van der Waals surface area contributed by atoms with E-state index in [1.54, 1.807) is 11.3 Å². The van der Waals surface area contributed by atoms with E-state index in [0.29, 0.717) is 24.6 Å². The molecule has 4 nitrogen and oxygen atoms in total. The fourth-order valence-corrected chi connectivity index (χ4v) is 4.15. The topological polar surface area (TPSA) is 41.6 Å². The van der Waals surface area contributed by atoms with E-state index in [-0.39, 0.29) is 5.91 Å². The summed E-state index contributed by atoms with van der Waals surface area (Å²) in [5, 5.41) is 5.16. The molecule has 0 radical (unpaired) electrons. The molecule has 3 aromatic rings. The van der Waals surface area contributed by atoms with E-state index in [4.69, 9.17) is 4.74 Å². The maximum atomic E-state index is 13.3. The van der Waals surface area contributed by atoms with Gasteiger partial charge in [0.15, 0.2) is 0 Å². The predicted octanol–water partition coefficient (Wildman–Crippen LogP) is 5.27. The Hall–Kier alpha value is -2.63. The van der Waals surface area contributed by atoms with Gasteiger partial charge in [0.05, 0.1) is 12.3 Å². The van der Waals surface area contributed by atoms with Crippen molar-refractivity contribution in [1.82, 2.24) is 4.90 Å². The van der Waals surface area contributed by atoms with Crippen LogP contribution in [0.1, 0.15) is 29.0 Å². The first-order valence-electron chi connectivity index (χ1n) is 9.41. The average Bonchev–Trinajstić information content (AvgIpc) is 3.09. The molecule has 1 N–H and O–H groups in total.